The quantitative estimate of drug-likeness (QED) is 0.857. The molecule has 1 atom stereocenters. The Kier molecular flexibility index (Phi) is 5.65. The summed E-state index contributed by atoms with van der Waals surface area (Å²) in [4.78, 5) is 18.4. The van der Waals surface area contributed by atoms with Gasteiger partial charge in [-0.15, -0.1) is 0 Å². The predicted octanol–water partition coefficient (Wildman–Crippen LogP) is 1.42. The van der Waals surface area contributed by atoms with Crippen LogP contribution in [0.2, 0.25) is 0 Å². The van der Waals surface area contributed by atoms with Crippen LogP contribution in [0.3, 0.4) is 0 Å². The molecule has 2 aromatic heterocycles. The summed E-state index contributed by atoms with van der Waals surface area (Å²) in [6.45, 7) is 4.47. The number of hydrogen-bond donors (Lipinski definition) is 1. The zero-order chi connectivity index (χ0) is 17.6. The zero-order valence-electron chi connectivity index (χ0n) is 14.6. The third-order valence-corrected chi connectivity index (χ3v) is 4.42. The summed E-state index contributed by atoms with van der Waals surface area (Å²) in [5, 5.41) is 4.32. The maximum atomic E-state index is 12.4. The van der Waals surface area contributed by atoms with Gasteiger partial charge in [0.05, 0.1) is 18.4 Å². The van der Waals surface area contributed by atoms with Crippen molar-refractivity contribution in [2.45, 2.75) is 38.8 Å². The van der Waals surface area contributed by atoms with Crippen molar-refractivity contribution >= 4 is 11.7 Å². The number of nitrogens with zero attached hydrogens (tertiary/aromatic N) is 4. The summed E-state index contributed by atoms with van der Waals surface area (Å²) in [5.74, 6) is 0.697. The molecular weight excluding hydrogens is 318 g/mol. The van der Waals surface area contributed by atoms with Crippen LogP contribution < -0.4 is 5.73 Å². The van der Waals surface area contributed by atoms with E-state index in [1.807, 2.05) is 40.9 Å². The maximum absolute atomic E-state index is 12.4. The highest BCUT2D eigenvalue weighted by molar-refractivity contribution is 5.76. The largest absolute Gasteiger partial charge is 0.384 e. The Morgan fingerprint density at radius 3 is 3.08 bits per heavy atom. The second kappa shape index (κ2) is 8.11. The minimum absolute atomic E-state index is 0.0686. The standard InChI is InChI=1S/C18H25N5O2/c1-14-5-8-23(21-14)9-6-18(24)22-10-11-25-16(13-22)3-2-15-4-7-20-17(19)12-15/h4-5,7-8,12,16H,2-3,6,9-11,13H2,1H3,(H2,19,20)/t16-/m1/s1. The van der Waals surface area contributed by atoms with Gasteiger partial charge in [0.1, 0.15) is 5.82 Å². The van der Waals surface area contributed by atoms with E-state index in [9.17, 15) is 4.79 Å². The third kappa shape index (κ3) is 5.03. The van der Waals surface area contributed by atoms with Crippen molar-refractivity contribution in [3.8, 4) is 0 Å². The van der Waals surface area contributed by atoms with Gasteiger partial charge in [-0.3, -0.25) is 9.48 Å². The van der Waals surface area contributed by atoms with Gasteiger partial charge in [-0.25, -0.2) is 4.98 Å². The van der Waals surface area contributed by atoms with Crippen LogP contribution in [0.5, 0.6) is 0 Å². The van der Waals surface area contributed by atoms with E-state index in [1.54, 1.807) is 6.20 Å². The Labute approximate surface area is 147 Å². The highest BCUT2D eigenvalue weighted by Gasteiger charge is 2.23. The van der Waals surface area contributed by atoms with Crippen molar-refractivity contribution in [1.82, 2.24) is 19.7 Å². The van der Waals surface area contributed by atoms with Crippen molar-refractivity contribution in [3.63, 3.8) is 0 Å². The first-order valence-electron chi connectivity index (χ1n) is 8.70. The van der Waals surface area contributed by atoms with E-state index < -0.39 is 0 Å². The fraction of sp³-hybridized carbons (Fsp3) is 0.500. The van der Waals surface area contributed by atoms with Crippen LogP contribution in [0.25, 0.3) is 0 Å². The van der Waals surface area contributed by atoms with Crippen LogP contribution in [-0.2, 0) is 22.5 Å². The maximum Gasteiger partial charge on any atom is 0.224 e. The summed E-state index contributed by atoms with van der Waals surface area (Å²) in [6.07, 6.45) is 5.90. The number of carbonyl (C=O) groups excluding carboxylic acids is 1. The first kappa shape index (κ1) is 17.4. The van der Waals surface area contributed by atoms with Crippen molar-refractivity contribution in [1.29, 1.82) is 0 Å². The number of carbonyl (C=O) groups is 1. The lowest BCUT2D eigenvalue weighted by molar-refractivity contribution is -0.139. The highest BCUT2D eigenvalue weighted by Crippen LogP contribution is 2.14. The molecule has 0 saturated carbocycles. The van der Waals surface area contributed by atoms with Gasteiger partial charge >= 0.3 is 0 Å². The van der Waals surface area contributed by atoms with Gasteiger partial charge in [0.25, 0.3) is 0 Å². The van der Waals surface area contributed by atoms with Gasteiger partial charge in [0.2, 0.25) is 5.91 Å². The summed E-state index contributed by atoms with van der Waals surface area (Å²) in [7, 11) is 0. The number of morpholine rings is 1. The molecule has 3 rings (SSSR count). The zero-order valence-corrected chi connectivity index (χ0v) is 14.6. The number of aromatic nitrogens is 3. The molecular formula is C18H25N5O2. The minimum Gasteiger partial charge on any atom is -0.384 e. The summed E-state index contributed by atoms with van der Waals surface area (Å²) in [6, 6.07) is 5.80. The summed E-state index contributed by atoms with van der Waals surface area (Å²) >= 11 is 0. The fourth-order valence-corrected chi connectivity index (χ4v) is 3.05. The molecule has 7 nitrogen and oxygen atoms in total. The van der Waals surface area contributed by atoms with Gasteiger partial charge < -0.3 is 15.4 Å². The van der Waals surface area contributed by atoms with Gasteiger partial charge in [-0.1, -0.05) is 0 Å². The smallest absolute Gasteiger partial charge is 0.224 e. The van der Waals surface area contributed by atoms with Crippen molar-refractivity contribution in [2.24, 2.45) is 0 Å². The van der Waals surface area contributed by atoms with Crippen molar-refractivity contribution < 1.29 is 9.53 Å². The molecule has 0 bridgehead atoms. The SMILES string of the molecule is Cc1ccn(CCC(=O)N2CCO[C@H](CCc3ccnc(N)c3)C2)n1. The number of amides is 1. The van der Waals surface area contributed by atoms with Crippen LogP contribution in [-0.4, -0.2) is 51.4 Å². The van der Waals surface area contributed by atoms with Gasteiger partial charge in [-0.05, 0) is 43.5 Å². The second-order valence-corrected chi connectivity index (χ2v) is 6.43. The molecule has 2 aromatic rings. The highest BCUT2D eigenvalue weighted by atomic mass is 16.5. The lowest BCUT2D eigenvalue weighted by Crippen LogP contribution is -2.46. The predicted molar refractivity (Wildman–Crippen MR) is 94.9 cm³/mol. The average Bonchev–Trinajstić information content (AvgIpc) is 3.03. The van der Waals surface area contributed by atoms with Gasteiger partial charge in [-0.2, -0.15) is 5.10 Å². The number of pyridine rings is 1. The third-order valence-electron chi connectivity index (χ3n) is 4.42. The van der Waals surface area contributed by atoms with Crippen LogP contribution in [0, 0.1) is 6.92 Å². The van der Waals surface area contributed by atoms with Crippen LogP contribution in [0.4, 0.5) is 5.82 Å². The Morgan fingerprint density at radius 1 is 1.44 bits per heavy atom. The molecule has 7 heteroatoms. The molecule has 25 heavy (non-hydrogen) atoms. The van der Waals surface area contributed by atoms with Crippen LogP contribution >= 0.6 is 0 Å². The van der Waals surface area contributed by atoms with Gasteiger partial charge in [0.15, 0.2) is 0 Å². The van der Waals surface area contributed by atoms with E-state index in [0.717, 1.165) is 24.1 Å². The van der Waals surface area contributed by atoms with Crippen LogP contribution in [0.15, 0.2) is 30.6 Å². The molecule has 0 unspecified atom stereocenters. The first-order chi connectivity index (χ1) is 12.1. The fourth-order valence-electron chi connectivity index (χ4n) is 3.05. The molecule has 0 aromatic carbocycles. The molecule has 1 fully saturated rings. The molecule has 2 N–H and O–H groups in total. The Balaban J connectivity index is 1.46. The Hall–Kier alpha value is -2.41. The lowest BCUT2D eigenvalue weighted by Gasteiger charge is -2.33. The monoisotopic (exact) mass is 343 g/mol. The second-order valence-electron chi connectivity index (χ2n) is 6.43. The number of anilines is 1. The molecule has 0 aliphatic carbocycles. The normalized spacial score (nSPS) is 17.6. The number of rotatable bonds is 6. The van der Waals surface area contributed by atoms with E-state index in [-0.39, 0.29) is 12.0 Å². The van der Waals surface area contributed by atoms with E-state index in [1.165, 1.54) is 0 Å². The number of nitrogens with two attached hydrogens (primary N) is 1. The Morgan fingerprint density at radius 2 is 2.32 bits per heavy atom. The summed E-state index contributed by atoms with van der Waals surface area (Å²) in [5.41, 5.74) is 7.82. The van der Waals surface area contributed by atoms with E-state index in [0.29, 0.717) is 38.5 Å². The van der Waals surface area contributed by atoms with Gasteiger partial charge in [0, 0.05) is 38.4 Å². The lowest BCUT2D eigenvalue weighted by atomic mass is 10.1. The van der Waals surface area contributed by atoms with Crippen LogP contribution in [0.1, 0.15) is 24.1 Å². The molecule has 1 aliphatic rings. The number of hydrogen-bond acceptors (Lipinski definition) is 5. The molecule has 0 spiro atoms. The number of ether oxygens (including phenoxy) is 1. The number of nitrogen functional groups attached to an aromatic ring is 1. The van der Waals surface area contributed by atoms with Crippen molar-refractivity contribution in [3.05, 3.63) is 41.9 Å². The molecule has 0 radical (unpaired) electrons. The minimum atomic E-state index is 0.0686. The summed E-state index contributed by atoms with van der Waals surface area (Å²) < 4.78 is 7.64. The van der Waals surface area contributed by atoms with E-state index >= 15 is 0 Å². The van der Waals surface area contributed by atoms with E-state index in [2.05, 4.69) is 10.1 Å². The van der Waals surface area contributed by atoms with E-state index in [4.69, 9.17) is 10.5 Å². The molecule has 1 aliphatic heterocycles. The molecule has 134 valence electrons. The topological polar surface area (TPSA) is 86.3 Å². The number of aryl methyl sites for hydroxylation is 3. The van der Waals surface area contributed by atoms with Crippen molar-refractivity contribution in [2.75, 3.05) is 25.4 Å². The average molecular weight is 343 g/mol. The molecule has 1 amide bonds. The molecule has 1 saturated heterocycles. The Bertz CT molecular complexity index is 715. The molecule has 3 heterocycles. The first-order valence-corrected chi connectivity index (χ1v) is 8.70.